The van der Waals surface area contributed by atoms with Gasteiger partial charge in [-0.1, -0.05) is 18.9 Å². The summed E-state index contributed by atoms with van der Waals surface area (Å²) in [4.78, 5) is 33.0. The number of ether oxygens (including phenoxy) is 2. The number of nitrogens with zero attached hydrogens (tertiary/aromatic N) is 1. The molecule has 2 saturated carbocycles. The second kappa shape index (κ2) is 12.3. The smallest absolute Gasteiger partial charge is 0.373 e. The summed E-state index contributed by atoms with van der Waals surface area (Å²) in [5.74, 6) is 1.44. The molecule has 0 aliphatic heterocycles. The van der Waals surface area contributed by atoms with Crippen LogP contribution in [0.25, 0.3) is 10.9 Å². The Labute approximate surface area is 194 Å². The van der Waals surface area contributed by atoms with Gasteiger partial charge in [0.2, 0.25) is 5.91 Å². The maximum atomic E-state index is 12.2. The Morgan fingerprint density at radius 2 is 1.85 bits per heavy atom. The molecule has 2 aliphatic rings. The van der Waals surface area contributed by atoms with E-state index in [0.29, 0.717) is 11.6 Å². The van der Waals surface area contributed by atoms with E-state index in [2.05, 4.69) is 10.3 Å². The minimum absolute atomic E-state index is 0.000589. The lowest BCUT2D eigenvalue weighted by Crippen LogP contribution is -2.41. The van der Waals surface area contributed by atoms with Gasteiger partial charge in [0.25, 0.3) is 0 Å². The van der Waals surface area contributed by atoms with Crippen molar-refractivity contribution in [1.29, 1.82) is 0 Å². The first kappa shape index (κ1) is 24.7. The van der Waals surface area contributed by atoms with Crippen molar-refractivity contribution in [2.45, 2.75) is 70.4 Å². The maximum absolute atomic E-state index is 12.2. The normalized spacial score (nSPS) is 20.5. The van der Waals surface area contributed by atoms with E-state index in [1.807, 2.05) is 31.2 Å². The number of benzene rings is 1. The number of rotatable bonds is 7. The summed E-state index contributed by atoms with van der Waals surface area (Å²) in [6, 6.07) is 7.98. The molecule has 4 rings (SSSR count). The van der Waals surface area contributed by atoms with E-state index < -0.39 is 0 Å². The van der Waals surface area contributed by atoms with Crippen LogP contribution in [0.15, 0.2) is 24.3 Å². The Morgan fingerprint density at radius 3 is 2.55 bits per heavy atom. The minimum Gasteiger partial charge on any atom is -0.490 e. The van der Waals surface area contributed by atoms with Crippen molar-refractivity contribution in [3.8, 4) is 5.75 Å². The highest BCUT2D eigenvalue weighted by Crippen LogP contribution is 2.33. The van der Waals surface area contributed by atoms with Gasteiger partial charge in [0.1, 0.15) is 12.4 Å². The van der Waals surface area contributed by atoms with Gasteiger partial charge in [0, 0.05) is 17.4 Å². The lowest BCUT2D eigenvalue weighted by molar-refractivity contribution is -0.191. The summed E-state index contributed by atoms with van der Waals surface area (Å²) < 4.78 is 11.9. The molecule has 8 nitrogen and oxygen atoms in total. The molecule has 0 saturated heterocycles. The lowest BCUT2D eigenvalue weighted by atomic mass is 9.93. The quantitative estimate of drug-likeness (QED) is 0.655. The molecule has 0 bridgehead atoms. The van der Waals surface area contributed by atoms with Gasteiger partial charge in [-0.05, 0) is 69.6 Å². The van der Waals surface area contributed by atoms with Gasteiger partial charge in [-0.25, -0.2) is 0 Å². The number of amides is 1. The third-order valence-electron chi connectivity index (χ3n) is 6.35. The van der Waals surface area contributed by atoms with Gasteiger partial charge in [-0.2, -0.15) is 9.59 Å². The van der Waals surface area contributed by atoms with Crippen LogP contribution in [0.1, 0.15) is 57.1 Å². The highest BCUT2D eigenvalue weighted by Gasteiger charge is 2.24. The van der Waals surface area contributed by atoms with Gasteiger partial charge in [-0.15, -0.1) is 0 Å². The van der Waals surface area contributed by atoms with Crippen LogP contribution in [-0.2, 0) is 19.1 Å². The molecule has 0 unspecified atom stereocenters. The molecule has 33 heavy (non-hydrogen) atoms. The molecule has 1 heterocycles. The van der Waals surface area contributed by atoms with Gasteiger partial charge >= 0.3 is 6.15 Å². The third kappa shape index (κ3) is 7.27. The first-order chi connectivity index (χ1) is 16.0. The Hall–Kier alpha value is -2.96. The van der Waals surface area contributed by atoms with Gasteiger partial charge < -0.3 is 20.5 Å². The summed E-state index contributed by atoms with van der Waals surface area (Å²) in [6.07, 6.45) is 9.09. The van der Waals surface area contributed by atoms with Gasteiger partial charge in [-0.3, -0.25) is 9.78 Å². The van der Waals surface area contributed by atoms with Crippen molar-refractivity contribution < 1.29 is 23.9 Å². The SMILES string of the molecule is Cc1cc(N)c2c(OC3CCC(NC(=O)COCC4CCCC4)CC3)cccc2n1.O=C=O. The Morgan fingerprint density at radius 1 is 1.15 bits per heavy atom. The standard InChI is InChI=1S/C24H33N3O3.CO2/c1-16-13-20(25)24-21(26-16)7-4-8-22(24)30-19-11-9-18(10-12-19)27-23(28)15-29-14-17-5-2-3-6-17;2-1-3/h4,7-8,13,17-19H,2-3,5-6,9-12,14-15H2,1H3,(H2,25,26)(H,27,28);. The summed E-state index contributed by atoms with van der Waals surface area (Å²) in [7, 11) is 0. The predicted molar refractivity (Wildman–Crippen MR) is 123 cm³/mol. The summed E-state index contributed by atoms with van der Waals surface area (Å²) in [6.45, 7) is 2.84. The third-order valence-corrected chi connectivity index (χ3v) is 6.35. The molecule has 3 N–H and O–H groups in total. The molecule has 178 valence electrons. The molecule has 1 amide bonds. The molecule has 2 fully saturated rings. The highest BCUT2D eigenvalue weighted by atomic mass is 16.5. The average Bonchev–Trinajstić information content (AvgIpc) is 3.29. The van der Waals surface area contributed by atoms with Crippen LogP contribution in [0.5, 0.6) is 5.75 Å². The zero-order chi connectivity index (χ0) is 23.6. The van der Waals surface area contributed by atoms with E-state index in [4.69, 9.17) is 24.8 Å². The first-order valence-electron chi connectivity index (χ1n) is 11.7. The van der Waals surface area contributed by atoms with Crippen molar-refractivity contribution in [1.82, 2.24) is 10.3 Å². The second-order valence-electron chi connectivity index (χ2n) is 8.91. The topological polar surface area (TPSA) is 121 Å². The number of fused-ring (bicyclic) bond motifs is 1. The van der Waals surface area contributed by atoms with E-state index in [1.165, 1.54) is 25.7 Å². The molecule has 1 aromatic heterocycles. The number of hydrogen-bond donors (Lipinski definition) is 2. The van der Waals surface area contributed by atoms with Crippen LogP contribution in [-0.4, -0.2) is 42.4 Å². The summed E-state index contributed by atoms with van der Waals surface area (Å²) in [5.41, 5.74) is 8.71. The first-order valence-corrected chi connectivity index (χ1v) is 11.7. The fraction of sp³-hybridized carbons (Fsp3) is 0.560. The Kier molecular flexibility index (Phi) is 9.22. The number of carbonyl (C=O) groups excluding carboxylic acids is 3. The molecule has 2 aromatic rings. The van der Waals surface area contributed by atoms with Crippen LogP contribution in [0.2, 0.25) is 0 Å². The largest absolute Gasteiger partial charge is 0.490 e. The number of pyridine rings is 1. The summed E-state index contributed by atoms with van der Waals surface area (Å²) in [5, 5.41) is 4.01. The van der Waals surface area contributed by atoms with E-state index in [9.17, 15) is 4.79 Å². The van der Waals surface area contributed by atoms with Gasteiger partial charge in [0.15, 0.2) is 0 Å². The lowest BCUT2D eigenvalue weighted by Gasteiger charge is -2.30. The average molecular weight is 456 g/mol. The number of aromatic nitrogens is 1. The predicted octanol–water partition coefficient (Wildman–Crippen LogP) is 3.55. The minimum atomic E-state index is 0.000589. The van der Waals surface area contributed by atoms with Crippen LogP contribution < -0.4 is 15.8 Å². The highest BCUT2D eigenvalue weighted by molar-refractivity contribution is 5.95. The van der Waals surface area contributed by atoms with Gasteiger partial charge in [0.05, 0.1) is 23.6 Å². The molecular weight excluding hydrogens is 422 g/mol. The molecule has 0 spiro atoms. The van der Waals surface area contributed by atoms with E-state index in [-0.39, 0.29) is 30.8 Å². The Balaban J connectivity index is 0.000000968. The second-order valence-corrected chi connectivity index (χ2v) is 8.91. The van der Waals surface area contributed by atoms with E-state index in [1.54, 1.807) is 0 Å². The summed E-state index contributed by atoms with van der Waals surface area (Å²) >= 11 is 0. The Bertz CT molecular complexity index is 960. The number of nitrogen functional groups attached to an aromatic ring is 1. The molecule has 2 aliphatic carbocycles. The number of aryl methyl sites for hydroxylation is 1. The van der Waals surface area contributed by atoms with Crippen LogP contribution in [0.4, 0.5) is 5.69 Å². The van der Waals surface area contributed by atoms with Crippen molar-refractivity contribution in [3.63, 3.8) is 0 Å². The van der Waals surface area contributed by atoms with Crippen molar-refractivity contribution >= 4 is 28.6 Å². The molecule has 0 atom stereocenters. The maximum Gasteiger partial charge on any atom is 0.373 e. The molecule has 8 heteroatoms. The van der Waals surface area contributed by atoms with E-state index >= 15 is 0 Å². The number of anilines is 1. The van der Waals surface area contributed by atoms with Crippen LogP contribution >= 0.6 is 0 Å². The van der Waals surface area contributed by atoms with Crippen molar-refractivity contribution in [2.75, 3.05) is 18.9 Å². The number of carbonyl (C=O) groups is 1. The number of hydrogen-bond acceptors (Lipinski definition) is 7. The zero-order valence-corrected chi connectivity index (χ0v) is 19.2. The number of nitrogens with two attached hydrogens (primary N) is 1. The fourth-order valence-corrected chi connectivity index (χ4v) is 4.79. The van der Waals surface area contributed by atoms with Crippen LogP contribution in [0, 0.1) is 12.8 Å². The molecule has 1 aromatic carbocycles. The van der Waals surface area contributed by atoms with Crippen LogP contribution in [0.3, 0.4) is 0 Å². The van der Waals surface area contributed by atoms with Crippen molar-refractivity contribution in [2.24, 2.45) is 5.92 Å². The molecule has 0 radical (unpaired) electrons. The zero-order valence-electron chi connectivity index (χ0n) is 19.2. The molecular formula is C25H33N3O5. The number of nitrogens with one attached hydrogen (secondary N) is 1. The fourth-order valence-electron chi connectivity index (χ4n) is 4.79. The van der Waals surface area contributed by atoms with E-state index in [0.717, 1.165) is 54.6 Å². The monoisotopic (exact) mass is 455 g/mol. The van der Waals surface area contributed by atoms with Crippen molar-refractivity contribution in [3.05, 3.63) is 30.0 Å².